The molecule has 5 nitrogen and oxygen atoms in total. The van der Waals surface area contributed by atoms with Gasteiger partial charge in [-0.3, -0.25) is 0 Å². The van der Waals surface area contributed by atoms with Gasteiger partial charge in [-0.1, -0.05) is 66.7 Å². The van der Waals surface area contributed by atoms with E-state index in [9.17, 15) is 5.11 Å². The monoisotopic (exact) mass is 414 g/mol. The Morgan fingerprint density at radius 1 is 0.900 bits per heavy atom. The van der Waals surface area contributed by atoms with E-state index >= 15 is 0 Å². The molecule has 30 heavy (non-hydrogen) atoms. The first-order chi connectivity index (χ1) is 14.7. The molecule has 0 aliphatic rings. The molecule has 150 valence electrons. The predicted molar refractivity (Wildman–Crippen MR) is 124 cm³/mol. The van der Waals surface area contributed by atoms with Crippen molar-refractivity contribution >= 4 is 23.0 Å². The van der Waals surface area contributed by atoms with Gasteiger partial charge in [0.2, 0.25) is 0 Å². The van der Waals surface area contributed by atoms with Crippen molar-refractivity contribution in [2.45, 2.75) is 6.54 Å². The molecule has 0 aliphatic carbocycles. The smallest absolute Gasteiger partial charge is 0.175 e. The zero-order valence-electron chi connectivity index (χ0n) is 16.3. The molecule has 0 radical (unpaired) electrons. The first-order valence-electron chi connectivity index (χ1n) is 9.66. The van der Waals surface area contributed by atoms with Crippen molar-refractivity contribution in [3.8, 4) is 16.9 Å². The lowest BCUT2D eigenvalue weighted by Gasteiger charge is -2.23. The molecule has 0 bridgehead atoms. The second-order valence-corrected chi connectivity index (χ2v) is 7.17. The van der Waals surface area contributed by atoms with Gasteiger partial charge in [-0.2, -0.15) is 5.10 Å². The van der Waals surface area contributed by atoms with Gasteiger partial charge in [-0.05, 0) is 36.5 Å². The van der Waals surface area contributed by atoms with Gasteiger partial charge in [-0.25, -0.2) is 4.68 Å². The van der Waals surface area contributed by atoms with Crippen LogP contribution in [0.3, 0.4) is 0 Å². The number of aromatic nitrogens is 2. The van der Waals surface area contributed by atoms with Crippen molar-refractivity contribution in [3.63, 3.8) is 0 Å². The van der Waals surface area contributed by atoms with E-state index < -0.39 is 0 Å². The zero-order chi connectivity index (χ0) is 20.8. The highest BCUT2D eigenvalue weighted by Crippen LogP contribution is 2.25. The molecule has 1 aromatic heterocycles. The molecule has 6 heteroatoms. The van der Waals surface area contributed by atoms with Crippen LogP contribution in [0.1, 0.15) is 5.56 Å². The topological polar surface area (TPSA) is 53.3 Å². The molecule has 0 saturated carbocycles. The summed E-state index contributed by atoms with van der Waals surface area (Å²) in [5.74, 6) is 0. The number of anilines is 1. The highest BCUT2D eigenvalue weighted by Gasteiger charge is 2.17. The maximum absolute atomic E-state index is 9.99. The lowest BCUT2D eigenvalue weighted by atomic mass is 10.1. The molecule has 0 amide bonds. The Hall–Kier alpha value is -3.48. The Morgan fingerprint density at radius 3 is 2.13 bits per heavy atom. The number of benzene rings is 3. The molecular formula is C24H22N4OS. The van der Waals surface area contributed by atoms with Crippen LogP contribution >= 0.6 is 12.2 Å². The van der Waals surface area contributed by atoms with Gasteiger partial charge < -0.3 is 15.3 Å². The maximum atomic E-state index is 9.99. The molecule has 4 aromatic rings. The quantitative estimate of drug-likeness (QED) is 0.354. The average Bonchev–Trinajstić information content (AvgIpc) is 3.23. The molecule has 0 atom stereocenters. The van der Waals surface area contributed by atoms with Crippen molar-refractivity contribution in [1.29, 1.82) is 0 Å². The maximum Gasteiger partial charge on any atom is 0.175 e. The molecule has 0 spiro atoms. The van der Waals surface area contributed by atoms with Crippen molar-refractivity contribution in [2.24, 2.45) is 0 Å². The van der Waals surface area contributed by atoms with Crippen LogP contribution in [0.25, 0.3) is 16.9 Å². The van der Waals surface area contributed by atoms with Crippen LogP contribution < -0.4 is 5.32 Å². The summed E-state index contributed by atoms with van der Waals surface area (Å²) in [5.41, 5.74) is 4.70. The number of nitrogens with zero attached hydrogens (tertiary/aromatic N) is 3. The molecule has 0 saturated heterocycles. The minimum absolute atomic E-state index is 0.205. The molecule has 1 heterocycles. The third-order valence-electron chi connectivity index (χ3n) is 4.70. The molecule has 2 N–H and O–H groups in total. The molecule has 0 aliphatic heterocycles. The first kappa shape index (κ1) is 19.8. The standard InChI is InChI=1S/C24H22N4OS/c29-18-27(24(30)25-21-12-6-2-7-13-21)16-20-17-28(22-14-8-3-9-15-22)26-23(20)19-10-4-1-5-11-19/h1-15,17,29H,16,18H2,(H,25,30). The van der Waals surface area contributed by atoms with Crippen molar-refractivity contribution in [1.82, 2.24) is 14.7 Å². The van der Waals surface area contributed by atoms with E-state index in [1.165, 1.54) is 0 Å². The number of thiocarbonyl (C=S) groups is 1. The SMILES string of the molecule is OCN(Cc1cn(-c2ccccc2)nc1-c1ccccc1)C(=S)Nc1ccccc1. The normalized spacial score (nSPS) is 10.6. The molecular weight excluding hydrogens is 392 g/mol. The van der Waals surface area contributed by atoms with Gasteiger partial charge in [0.05, 0.1) is 17.9 Å². The fourth-order valence-electron chi connectivity index (χ4n) is 3.19. The predicted octanol–water partition coefficient (Wildman–Crippen LogP) is 4.69. The van der Waals surface area contributed by atoms with E-state index in [-0.39, 0.29) is 6.73 Å². The Bertz CT molecular complexity index is 1100. The second-order valence-electron chi connectivity index (χ2n) is 6.78. The van der Waals surface area contributed by atoms with Crippen molar-refractivity contribution < 1.29 is 5.11 Å². The summed E-state index contributed by atoms with van der Waals surface area (Å²) < 4.78 is 1.86. The molecule has 0 unspecified atom stereocenters. The minimum Gasteiger partial charge on any atom is -0.376 e. The summed E-state index contributed by atoms with van der Waals surface area (Å²) in [5, 5.41) is 18.5. The van der Waals surface area contributed by atoms with Crippen LogP contribution in [0.4, 0.5) is 5.69 Å². The van der Waals surface area contributed by atoms with E-state index in [0.29, 0.717) is 11.7 Å². The lowest BCUT2D eigenvalue weighted by molar-refractivity contribution is 0.167. The number of hydrogen-bond donors (Lipinski definition) is 2. The van der Waals surface area contributed by atoms with Gasteiger partial charge >= 0.3 is 0 Å². The average molecular weight is 415 g/mol. The summed E-state index contributed by atoms with van der Waals surface area (Å²) in [4.78, 5) is 1.71. The van der Waals surface area contributed by atoms with E-state index in [4.69, 9.17) is 17.3 Å². The number of hydrogen-bond acceptors (Lipinski definition) is 3. The summed E-state index contributed by atoms with van der Waals surface area (Å²) >= 11 is 5.54. The highest BCUT2D eigenvalue weighted by atomic mass is 32.1. The Kier molecular flexibility index (Phi) is 6.17. The van der Waals surface area contributed by atoms with Crippen LogP contribution in [0.2, 0.25) is 0 Å². The van der Waals surface area contributed by atoms with Gasteiger partial charge in [0.25, 0.3) is 0 Å². The Morgan fingerprint density at radius 2 is 1.50 bits per heavy atom. The third kappa shape index (κ3) is 4.56. The van der Waals surface area contributed by atoms with Gasteiger partial charge in [-0.15, -0.1) is 0 Å². The third-order valence-corrected chi connectivity index (χ3v) is 5.06. The summed E-state index contributed by atoms with van der Waals surface area (Å²) in [6.07, 6.45) is 1.99. The summed E-state index contributed by atoms with van der Waals surface area (Å²) in [6, 6.07) is 29.7. The second kappa shape index (κ2) is 9.35. The van der Waals surface area contributed by atoms with Gasteiger partial charge in [0.15, 0.2) is 5.11 Å². The van der Waals surface area contributed by atoms with Crippen molar-refractivity contribution in [2.75, 3.05) is 12.0 Å². The number of aliphatic hydroxyl groups excluding tert-OH is 1. The number of rotatable bonds is 6. The summed E-state index contributed by atoms with van der Waals surface area (Å²) in [6.45, 7) is 0.218. The molecule has 3 aromatic carbocycles. The Balaban J connectivity index is 1.64. The summed E-state index contributed by atoms with van der Waals surface area (Å²) in [7, 11) is 0. The number of para-hydroxylation sites is 2. The van der Waals surface area contributed by atoms with Crippen LogP contribution in [-0.2, 0) is 6.54 Å². The van der Waals surface area contributed by atoms with E-state index in [2.05, 4.69) is 5.32 Å². The van der Waals surface area contributed by atoms with E-state index in [1.54, 1.807) is 4.90 Å². The van der Waals surface area contributed by atoms with Gasteiger partial charge in [0, 0.05) is 23.0 Å². The molecule has 0 fully saturated rings. The van der Waals surface area contributed by atoms with Crippen molar-refractivity contribution in [3.05, 3.63) is 103 Å². The zero-order valence-corrected chi connectivity index (χ0v) is 17.2. The number of nitrogens with one attached hydrogen (secondary N) is 1. The minimum atomic E-state index is -0.205. The fourth-order valence-corrected chi connectivity index (χ4v) is 3.43. The lowest BCUT2D eigenvalue weighted by Crippen LogP contribution is -2.35. The Labute approximate surface area is 181 Å². The highest BCUT2D eigenvalue weighted by molar-refractivity contribution is 7.80. The van der Waals surface area contributed by atoms with Crippen LogP contribution in [0, 0.1) is 0 Å². The van der Waals surface area contributed by atoms with Crippen LogP contribution in [-0.4, -0.2) is 31.6 Å². The van der Waals surface area contributed by atoms with E-state index in [0.717, 1.165) is 28.2 Å². The fraction of sp³-hybridized carbons (Fsp3) is 0.0833. The van der Waals surface area contributed by atoms with Crippen LogP contribution in [0.5, 0.6) is 0 Å². The molecule has 4 rings (SSSR count). The van der Waals surface area contributed by atoms with E-state index in [1.807, 2.05) is 102 Å². The largest absolute Gasteiger partial charge is 0.376 e. The van der Waals surface area contributed by atoms with Crippen LogP contribution in [0.15, 0.2) is 97.2 Å². The first-order valence-corrected chi connectivity index (χ1v) is 10.1. The number of aliphatic hydroxyl groups is 1. The van der Waals surface area contributed by atoms with Gasteiger partial charge in [0.1, 0.15) is 6.73 Å².